The molecular formula is C24H20ClN3OS. The topological polar surface area (TPSA) is 60.9 Å². The van der Waals surface area contributed by atoms with E-state index in [-0.39, 0.29) is 11.1 Å². The van der Waals surface area contributed by atoms with Gasteiger partial charge in [0, 0.05) is 16.3 Å². The SMILES string of the molecule is N[C@@H](Sc1nc(=O)n(-c2ccc(Cl)cc2)c2c1CCC2)c1cccc2ccccc12. The number of hydrogen-bond acceptors (Lipinski definition) is 4. The van der Waals surface area contributed by atoms with Crippen molar-refractivity contribution in [2.45, 2.75) is 29.7 Å². The molecule has 1 heterocycles. The molecule has 150 valence electrons. The molecule has 6 heteroatoms. The number of nitrogens with zero attached hydrogens (tertiary/aromatic N) is 2. The van der Waals surface area contributed by atoms with E-state index < -0.39 is 0 Å². The van der Waals surface area contributed by atoms with E-state index in [1.54, 1.807) is 16.7 Å². The van der Waals surface area contributed by atoms with Gasteiger partial charge in [-0.3, -0.25) is 4.57 Å². The van der Waals surface area contributed by atoms with Crippen molar-refractivity contribution in [3.63, 3.8) is 0 Å². The lowest BCUT2D eigenvalue weighted by molar-refractivity contribution is 0.801. The molecule has 0 spiro atoms. The van der Waals surface area contributed by atoms with Gasteiger partial charge in [0.15, 0.2) is 0 Å². The standard InChI is InChI=1S/C24H20ClN3OS/c25-16-11-13-17(14-12-16)28-21-10-4-9-20(21)23(27-24(28)29)30-22(26)19-8-3-6-15-5-1-2-7-18(15)19/h1-3,5-8,11-14,22H,4,9-10,26H2/t22-/m0/s1. The normalized spacial score (nSPS) is 14.1. The lowest BCUT2D eigenvalue weighted by atomic mass is 10.0. The summed E-state index contributed by atoms with van der Waals surface area (Å²) in [5, 5.41) is 3.37. The van der Waals surface area contributed by atoms with Gasteiger partial charge in [0.25, 0.3) is 0 Å². The van der Waals surface area contributed by atoms with Crippen LogP contribution in [0.15, 0.2) is 76.6 Å². The minimum atomic E-state index is -0.306. The van der Waals surface area contributed by atoms with Crippen molar-refractivity contribution >= 4 is 34.1 Å². The maximum Gasteiger partial charge on any atom is 0.353 e. The summed E-state index contributed by atoms with van der Waals surface area (Å²) < 4.78 is 1.71. The fraction of sp³-hybridized carbons (Fsp3) is 0.167. The van der Waals surface area contributed by atoms with Gasteiger partial charge in [-0.15, -0.1) is 0 Å². The molecule has 4 aromatic rings. The number of nitrogens with two attached hydrogens (primary N) is 1. The first-order chi connectivity index (χ1) is 14.6. The zero-order valence-corrected chi connectivity index (χ0v) is 17.8. The summed E-state index contributed by atoms with van der Waals surface area (Å²) in [5.41, 5.74) is 10.3. The molecule has 0 saturated heterocycles. The fourth-order valence-electron chi connectivity index (χ4n) is 4.16. The number of aromatic nitrogens is 2. The maximum absolute atomic E-state index is 13.0. The van der Waals surface area contributed by atoms with E-state index in [0.717, 1.165) is 57.6 Å². The van der Waals surface area contributed by atoms with Crippen LogP contribution < -0.4 is 11.4 Å². The molecule has 5 rings (SSSR count). The molecule has 1 aromatic heterocycles. The minimum absolute atomic E-state index is 0.273. The van der Waals surface area contributed by atoms with Gasteiger partial charge < -0.3 is 5.73 Å². The predicted molar refractivity (Wildman–Crippen MR) is 124 cm³/mol. The Balaban J connectivity index is 1.56. The second-order valence-electron chi connectivity index (χ2n) is 7.40. The van der Waals surface area contributed by atoms with Gasteiger partial charge in [-0.25, -0.2) is 4.79 Å². The number of rotatable bonds is 4. The Morgan fingerprint density at radius 3 is 2.60 bits per heavy atom. The molecule has 0 fully saturated rings. The van der Waals surface area contributed by atoms with Crippen molar-refractivity contribution in [1.82, 2.24) is 9.55 Å². The van der Waals surface area contributed by atoms with Crippen molar-refractivity contribution in [1.29, 1.82) is 0 Å². The second kappa shape index (κ2) is 7.91. The summed E-state index contributed by atoms with van der Waals surface area (Å²) in [5.74, 6) is 0. The van der Waals surface area contributed by atoms with Gasteiger partial charge in [-0.05, 0) is 59.9 Å². The van der Waals surface area contributed by atoms with Gasteiger partial charge >= 0.3 is 5.69 Å². The van der Waals surface area contributed by atoms with Gasteiger partial charge in [0.2, 0.25) is 0 Å². The molecule has 30 heavy (non-hydrogen) atoms. The third kappa shape index (κ3) is 3.43. The smallest absolute Gasteiger partial charge is 0.315 e. The van der Waals surface area contributed by atoms with Crippen molar-refractivity contribution in [2.24, 2.45) is 5.73 Å². The summed E-state index contributed by atoms with van der Waals surface area (Å²) in [7, 11) is 0. The Hall–Kier alpha value is -2.60. The summed E-state index contributed by atoms with van der Waals surface area (Å²) in [6.07, 6.45) is 2.76. The third-order valence-electron chi connectivity index (χ3n) is 5.56. The first-order valence-electron chi connectivity index (χ1n) is 9.92. The third-order valence-corrected chi connectivity index (χ3v) is 6.88. The van der Waals surface area contributed by atoms with Gasteiger partial charge in [0.1, 0.15) is 5.03 Å². The highest BCUT2D eigenvalue weighted by atomic mass is 35.5. The molecule has 0 aliphatic heterocycles. The Kier molecular flexibility index (Phi) is 5.11. The molecule has 0 amide bonds. The van der Waals surface area contributed by atoms with Crippen LogP contribution in [-0.4, -0.2) is 9.55 Å². The monoisotopic (exact) mass is 433 g/mol. The van der Waals surface area contributed by atoms with E-state index in [1.807, 2.05) is 30.3 Å². The van der Waals surface area contributed by atoms with Crippen molar-refractivity contribution in [3.05, 3.63) is 99.1 Å². The highest BCUT2D eigenvalue weighted by Crippen LogP contribution is 2.38. The molecule has 1 aliphatic carbocycles. The fourth-order valence-corrected chi connectivity index (χ4v) is 5.35. The van der Waals surface area contributed by atoms with E-state index in [1.165, 1.54) is 11.8 Å². The molecule has 0 unspecified atom stereocenters. The quantitative estimate of drug-likeness (QED) is 0.270. The average molecular weight is 434 g/mol. The molecule has 3 aromatic carbocycles. The number of thioether (sulfide) groups is 1. The van der Waals surface area contributed by atoms with Crippen molar-refractivity contribution in [2.75, 3.05) is 0 Å². The summed E-state index contributed by atoms with van der Waals surface area (Å²) in [4.78, 5) is 17.4. The van der Waals surface area contributed by atoms with Gasteiger partial charge in [-0.1, -0.05) is 65.8 Å². The lowest BCUT2D eigenvalue weighted by Crippen LogP contribution is -2.26. The van der Waals surface area contributed by atoms with Crippen LogP contribution >= 0.6 is 23.4 Å². The predicted octanol–water partition coefficient (Wildman–Crippen LogP) is 5.28. The van der Waals surface area contributed by atoms with Crippen LogP contribution in [0, 0.1) is 0 Å². The van der Waals surface area contributed by atoms with E-state index in [4.69, 9.17) is 17.3 Å². The zero-order chi connectivity index (χ0) is 20.7. The van der Waals surface area contributed by atoms with Crippen molar-refractivity contribution in [3.8, 4) is 5.69 Å². The van der Waals surface area contributed by atoms with Crippen LogP contribution in [0.5, 0.6) is 0 Å². The Morgan fingerprint density at radius 2 is 1.77 bits per heavy atom. The summed E-state index contributed by atoms with van der Waals surface area (Å²) in [6, 6.07) is 21.7. The average Bonchev–Trinajstić information content (AvgIpc) is 3.24. The van der Waals surface area contributed by atoms with Crippen LogP contribution in [0.4, 0.5) is 0 Å². The van der Waals surface area contributed by atoms with Crippen molar-refractivity contribution < 1.29 is 0 Å². The Morgan fingerprint density at radius 1 is 1.00 bits per heavy atom. The van der Waals surface area contributed by atoms with Gasteiger partial charge in [0.05, 0.1) is 11.1 Å². The molecular weight excluding hydrogens is 414 g/mol. The molecule has 1 atom stereocenters. The van der Waals surface area contributed by atoms with E-state index >= 15 is 0 Å². The summed E-state index contributed by atoms with van der Waals surface area (Å²) >= 11 is 7.49. The first kappa shape index (κ1) is 19.4. The number of hydrogen-bond donors (Lipinski definition) is 1. The van der Waals surface area contributed by atoms with Crippen LogP contribution in [0.3, 0.4) is 0 Å². The molecule has 1 aliphatic rings. The highest BCUT2D eigenvalue weighted by Gasteiger charge is 2.24. The minimum Gasteiger partial charge on any atom is -0.315 e. The largest absolute Gasteiger partial charge is 0.353 e. The second-order valence-corrected chi connectivity index (χ2v) is 8.96. The highest BCUT2D eigenvalue weighted by molar-refractivity contribution is 7.99. The molecule has 0 radical (unpaired) electrons. The van der Waals surface area contributed by atoms with Gasteiger partial charge in [-0.2, -0.15) is 4.98 Å². The lowest BCUT2D eigenvalue weighted by Gasteiger charge is -2.18. The molecule has 0 bridgehead atoms. The molecule has 2 N–H and O–H groups in total. The van der Waals surface area contributed by atoms with Crippen LogP contribution in [0.25, 0.3) is 16.5 Å². The van der Waals surface area contributed by atoms with E-state index in [9.17, 15) is 4.79 Å². The first-order valence-corrected chi connectivity index (χ1v) is 11.2. The summed E-state index contributed by atoms with van der Waals surface area (Å²) in [6.45, 7) is 0. The Bertz CT molecular complexity index is 1300. The Labute approximate surface area is 183 Å². The number of benzene rings is 3. The number of fused-ring (bicyclic) bond motifs is 2. The maximum atomic E-state index is 13.0. The van der Waals surface area contributed by atoms with Crippen LogP contribution in [-0.2, 0) is 12.8 Å². The number of halogens is 1. The molecule has 4 nitrogen and oxygen atoms in total. The van der Waals surface area contributed by atoms with E-state index in [2.05, 4.69) is 29.2 Å². The van der Waals surface area contributed by atoms with Crippen LogP contribution in [0.1, 0.15) is 28.6 Å². The van der Waals surface area contributed by atoms with E-state index in [0.29, 0.717) is 5.02 Å². The molecule has 0 saturated carbocycles. The van der Waals surface area contributed by atoms with Crippen LogP contribution in [0.2, 0.25) is 5.02 Å². The zero-order valence-electron chi connectivity index (χ0n) is 16.2.